The lowest BCUT2D eigenvalue weighted by molar-refractivity contribution is 0.280. The Morgan fingerprint density at radius 1 is 1.54 bits per heavy atom. The van der Waals surface area contributed by atoms with E-state index in [0.717, 1.165) is 12.8 Å². The fourth-order valence-corrected chi connectivity index (χ4v) is 1.96. The molecule has 2 nitrogen and oxygen atoms in total. The molecule has 1 atom stereocenters. The van der Waals surface area contributed by atoms with Crippen LogP contribution in [0.4, 0.5) is 5.69 Å². The molecule has 13 heavy (non-hydrogen) atoms. The maximum atomic E-state index is 8.83. The summed E-state index contributed by atoms with van der Waals surface area (Å²) in [6.45, 7) is 2.41. The Morgan fingerprint density at radius 3 is 3.08 bits per heavy atom. The van der Waals surface area contributed by atoms with Gasteiger partial charge in [-0.2, -0.15) is 0 Å². The van der Waals surface area contributed by atoms with Crippen molar-refractivity contribution in [3.05, 3.63) is 29.3 Å². The van der Waals surface area contributed by atoms with Crippen LogP contribution in [0, 0.1) is 6.92 Å². The number of anilines is 1. The number of hydrogen-bond donors (Lipinski definition) is 2. The Hall–Kier alpha value is -1.02. The maximum absolute atomic E-state index is 8.83. The summed E-state index contributed by atoms with van der Waals surface area (Å²) in [5, 5.41) is 12.3. The zero-order valence-corrected chi connectivity index (χ0v) is 7.88. The molecule has 70 valence electrons. The monoisotopic (exact) mass is 177 g/mol. The second-order valence-corrected chi connectivity index (χ2v) is 3.66. The van der Waals surface area contributed by atoms with E-state index < -0.39 is 0 Å². The van der Waals surface area contributed by atoms with Gasteiger partial charge in [0.05, 0.1) is 0 Å². The summed E-state index contributed by atoms with van der Waals surface area (Å²) in [5.74, 6) is 0. The molecule has 0 saturated heterocycles. The first-order chi connectivity index (χ1) is 6.31. The molecule has 1 aromatic carbocycles. The van der Waals surface area contributed by atoms with E-state index in [-0.39, 0.29) is 6.61 Å². The van der Waals surface area contributed by atoms with E-state index >= 15 is 0 Å². The lowest BCUT2D eigenvalue weighted by atomic mass is 10.0. The number of fused-ring (bicyclic) bond motifs is 1. The van der Waals surface area contributed by atoms with Crippen LogP contribution in [0.5, 0.6) is 0 Å². The van der Waals surface area contributed by atoms with Crippen molar-refractivity contribution in [1.82, 2.24) is 0 Å². The summed E-state index contributed by atoms with van der Waals surface area (Å²) in [5.41, 5.74) is 4.02. The highest BCUT2D eigenvalue weighted by Crippen LogP contribution is 2.29. The van der Waals surface area contributed by atoms with Crippen LogP contribution < -0.4 is 5.32 Å². The van der Waals surface area contributed by atoms with Gasteiger partial charge < -0.3 is 10.4 Å². The molecule has 1 aromatic rings. The van der Waals surface area contributed by atoms with E-state index in [1.54, 1.807) is 0 Å². The molecule has 2 rings (SSSR count). The lowest BCUT2D eigenvalue weighted by Crippen LogP contribution is -2.16. The molecular formula is C11H15NO. The van der Waals surface area contributed by atoms with Crippen molar-refractivity contribution in [2.75, 3.05) is 11.9 Å². The van der Waals surface area contributed by atoms with Gasteiger partial charge in [0.2, 0.25) is 0 Å². The molecule has 1 aliphatic rings. The minimum atomic E-state index is 0.269. The quantitative estimate of drug-likeness (QED) is 0.720. The van der Waals surface area contributed by atoms with Crippen LogP contribution in [0.3, 0.4) is 0 Å². The van der Waals surface area contributed by atoms with Crippen LogP contribution in [0.2, 0.25) is 0 Å². The van der Waals surface area contributed by atoms with Crippen molar-refractivity contribution in [1.29, 1.82) is 0 Å². The summed E-state index contributed by atoms with van der Waals surface area (Å²) in [4.78, 5) is 0. The topological polar surface area (TPSA) is 32.3 Å². The third-order valence-corrected chi connectivity index (χ3v) is 2.70. The number of nitrogens with one attached hydrogen (secondary N) is 1. The van der Waals surface area contributed by atoms with Crippen molar-refractivity contribution < 1.29 is 5.11 Å². The Balaban J connectivity index is 2.20. The van der Waals surface area contributed by atoms with Gasteiger partial charge in [0.15, 0.2) is 0 Å². The van der Waals surface area contributed by atoms with Crippen LogP contribution in [-0.4, -0.2) is 17.8 Å². The first-order valence-electron chi connectivity index (χ1n) is 4.77. The van der Waals surface area contributed by atoms with Gasteiger partial charge in [0, 0.05) is 18.3 Å². The average Bonchev–Trinajstić information content (AvgIpc) is 2.49. The number of aryl methyl sites for hydroxylation is 1. The molecule has 2 heteroatoms. The third kappa shape index (κ3) is 1.54. The minimum Gasteiger partial charge on any atom is -0.396 e. The molecule has 1 aliphatic heterocycles. The molecule has 0 fully saturated rings. The highest BCUT2D eigenvalue weighted by atomic mass is 16.3. The van der Waals surface area contributed by atoms with Gasteiger partial charge in [-0.1, -0.05) is 12.1 Å². The van der Waals surface area contributed by atoms with E-state index in [1.807, 2.05) is 0 Å². The van der Waals surface area contributed by atoms with Gasteiger partial charge in [-0.3, -0.25) is 0 Å². The molecule has 1 unspecified atom stereocenters. The molecular weight excluding hydrogens is 162 g/mol. The van der Waals surface area contributed by atoms with Crippen LogP contribution in [0.25, 0.3) is 0 Å². The Labute approximate surface area is 78.6 Å². The summed E-state index contributed by atoms with van der Waals surface area (Å²) in [6.07, 6.45) is 1.90. The minimum absolute atomic E-state index is 0.269. The molecule has 0 saturated carbocycles. The third-order valence-electron chi connectivity index (χ3n) is 2.70. The van der Waals surface area contributed by atoms with E-state index in [4.69, 9.17) is 5.11 Å². The van der Waals surface area contributed by atoms with Crippen molar-refractivity contribution in [2.45, 2.75) is 25.8 Å². The van der Waals surface area contributed by atoms with Gasteiger partial charge in [-0.05, 0) is 37.0 Å². The number of rotatable bonds is 2. The molecule has 0 bridgehead atoms. The van der Waals surface area contributed by atoms with E-state index in [9.17, 15) is 0 Å². The van der Waals surface area contributed by atoms with Crippen LogP contribution >= 0.6 is 0 Å². The van der Waals surface area contributed by atoms with Gasteiger partial charge in [-0.15, -0.1) is 0 Å². The van der Waals surface area contributed by atoms with Crippen LogP contribution in [-0.2, 0) is 6.42 Å². The van der Waals surface area contributed by atoms with Crippen molar-refractivity contribution in [2.24, 2.45) is 0 Å². The van der Waals surface area contributed by atoms with E-state index in [1.165, 1.54) is 16.8 Å². The predicted molar refractivity (Wildman–Crippen MR) is 54.0 cm³/mol. The fourth-order valence-electron chi connectivity index (χ4n) is 1.96. The Kier molecular flexibility index (Phi) is 2.23. The first-order valence-corrected chi connectivity index (χ1v) is 4.77. The standard InChI is InChI=1S/C11H15NO/c1-8-3-2-4-11-10(8)7-9(12-11)5-6-13/h2-4,9,12-13H,5-7H2,1H3. The van der Waals surface area contributed by atoms with Gasteiger partial charge in [-0.25, -0.2) is 0 Å². The molecule has 0 radical (unpaired) electrons. The van der Waals surface area contributed by atoms with Crippen molar-refractivity contribution >= 4 is 5.69 Å². The van der Waals surface area contributed by atoms with Crippen LogP contribution in [0.1, 0.15) is 17.5 Å². The highest BCUT2D eigenvalue weighted by Gasteiger charge is 2.20. The predicted octanol–water partition coefficient (Wildman–Crippen LogP) is 1.71. The van der Waals surface area contributed by atoms with Crippen LogP contribution in [0.15, 0.2) is 18.2 Å². The molecule has 1 heterocycles. The molecule has 0 aromatic heterocycles. The maximum Gasteiger partial charge on any atom is 0.0450 e. The highest BCUT2D eigenvalue weighted by molar-refractivity contribution is 5.59. The Bertz CT molecular complexity index is 309. The zero-order valence-electron chi connectivity index (χ0n) is 7.88. The second kappa shape index (κ2) is 3.38. The summed E-state index contributed by atoms with van der Waals surface area (Å²) in [6, 6.07) is 6.76. The lowest BCUT2D eigenvalue weighted by Gasteiger charge is -2.07. The molecule has 0 amide bonds. The first kappa shape index (κ1) is 8.57. The van der Waals surface area contributed by atoms with Crippen molar-refractivity contribution in [3.63, 3.8) is 0 Å². The zero-order chi connectivity index (χ0) is 9.26. The second-order valence-electron chi connectivity index (χ2n) is 3.66. The number of aliphatic hydroxyl groups excluding tert-OH is 1. The van der Waals surface area contributed by atoms with Gasteiger partial charge in [0.25, 0.3) is 0 Å². The summed E-state index contributed by atoms with van der Waals surface area (Å²) in [7, 11) is 0. The Morgan fingerprint density at radius 2 is 2.38 bits per heavy atom. The van der Waals surface area contributed by atoms with Gasteiger partial charge in [0.1, 0.15) is 0 Å². The number of benzene rings is 1. The molecule has 0 aliphatic carbocycles. The smallest absolute Gasteiger partial charge is 0.0450 e. The summed E-state index contributed by atoms with van der Waals surface area (Å²) < 4.78 is 0. The largest absolute Gasteiger partial charge is 0.396 e. The van der Waals surface area contributed by atoms with E-state index in [0.29, 0.717) is 6.04 Å². The molecule has 2 N–H and O–H groups in total. The summed E-state index contributed by atoms with van der Waals surface area (Å²) >= 11 is 0. The average molecular weight is 177 g/mol. The molecule has 0 spiro atoms. The normalized spacial score (nSPS) is 19.7. The van der Waals surface area contributed by atoms with E-state index in [2.05, 4.69) is 30.4 Å². The van der Waals surface area contributed by atoms with Gasteiger partial charge >= 0.3 is 0 Å². The fraction of sp³-hybridized carbons (Fsp3) is 0.455. The number of aliphatic hydroxyl groups is 1. The van der Waals surface area contributed by atoms with Crippen molar-refractivity contribution in [3.8, 4) is 0 Å². The SMILES string of the molecule is Cc1cccc2c1CC(CCO)N2. The number of hydrogen-bond acceptors (Lipinski definition) is 2.